The maximum absolute atomic E-state index is 12.4. The third-order valence-electron chi connectivity index (χ3n) is 3.72. The molecule has 7 nitrogen and oxygen atoms in total. The van der Waals surface area contributed by atoms with E-state index in [0.29, 0.717) is 38.5 Å². The van der Waals surface area contributed by atoms with E-state index in [2.05, 4.69) is 10.2 Å². The molecule has 0 aliphatic carbocycles. The number of piperazine rings is 1. The molecule has 1 saturated heterocycles. The third-order valence-corrected chi connectivity index (χ3v) is 3.72. The van der Waals surface area contributed by atoms with Crippen LogP contribution in [0.15, 0.2) is 4.42 Å². The maximum Gasteiger partial charge on any atom is 0.311 e. The lowest BCUT2D eigenvalue weighted by Crippen LogP contribution is -2.51. The van der Waals surface area contributed by atoms with Crippen molar-refractivity contribution in [2.75, 3.05) is 26.2 Å². The summed E-state index contributed by atoms with van der Waals surface area (Å²) in [6, 6.07) is 0. The van der Waals surface area contributed by atoms with Crippen LogP contribution in [0.5, 0.6) is 0 Å². The van der Waals surface area contributed by atoms with Crippen molar-refractivity contribution in [2.45, 2.75) is 47.0 Å². The maximum atomic E-state index is 12.4. The van der Waals surface area contributed by atoms with Gasteiger partial charge in [-0.1, -0.05) is 34.6 Å². The van der Waals surface area contributed by atoms with Crippen molar-refractivity contribution in [3.05, 3.63) is 11.8 Å². The molecule has 7 heteroatoms. The number of hydrogen-bond donors (Lipinski definition) is 0. The van der Waals surface area contributed by atoms with E-state index in [1.807, 2.05) is 39.5 Å². The lowest BCUT2D eigenvalue weighted by Gasteiger charge is -2.35. The first kappa shape index (κ1) is 17.4. The zero-order chi connectivity index (χ0) is 17.2. The summed E-state index contributed by atoms with van der Waals surface area (Å²) in [5.74, 6) is 0.475. The van der Waals surface area contributed by atoms with Crippen molar-refractivity contribution in [3.63, 3.8) is 0 Å². The lowest BCUT2D eigenvalue weighted by molar-refractivity contribution is -0.134. The van der Waals surface area contributed by atoms with Crippen LogP contribution in [0.2, 0.25) is 0 Å². The van der Waals surface area contributed by atoms with E-state index in [9.17, 15) is 9.59 Å². The SMILES string of the molecule is CC(C)c1nnc(C(=O)N2CCN(C(=O)CC(C)(C)C)CC2)o1. The molecule has 1 aromatic rings. The molecule has 0 bridgehead atoms. The molecule has 0 saturated carbocycles. The predicted octanol–water partition coefficient (Wildman–Crippen LogP) is 1.91. The van der Waals surface area contributed by atoms with Gasteiger partial charge in [-0.2, -0.15) is 0 Å². The van der Waals surface area contributed by atoms with Crippen molar-refractivity contribution >= 4 is 11.8 Å². The lowest BCUT2D eigenvalue weighted by atomic mass is 9.91. The fourth-order valence-corrected chi connectivity index (χ4v) is 2.41. The molecule has 128 valence electrons. The Kier molecular flexibility index (Phi) is 5.06. The van der Waals surface area contributed by atoms with Gasteiger partial charge >= 0.3 is 11.8 Å². The highest BCUT2D eigenvalue weighted by molar-refractivity contribution is 5.89. The van der Waals surface area contributed by atoms with E-state index < -0.39 is 0 Å². The van der Waals surface area contributed by atoms with Gasteiger partial charge in [0.25, 0.3) is 0 Å². The molecule has 0 N–H and O–H groups in total. The molecule has 0 unspecified atom stereocenters. The number of nitrogens with zero attached hydrogens (tertiary/aromatic N) is 4. The summed E-state index contributed by atoms with van der Waals surface area (Å²) in [6.45, 7) is 12.1. The molecule has 2 amide bonds. The highest BCUT2D eigenvalue weighted by atomic mass is 16.4. The standard InChI is InChI=1S/C16H26N4O3/c1-11(2)13-17-18-14(23-13)15(22)20-8-6-19(7-9-20)12(21)10-16(3,4)5/h11H,6-10H2,1-5H3. The van der Waals surface area contributed by atoms with Gasteiger partial charge in [0.1, 0.15) is 0 Å². The molecule has 0 atom stereocenters. The smallest absolute Gasteiger partial charge is 0.311 e. The molecular formula is C16H26N4O3. The van der Waals surface area contributed by atoms with E-state index in [1.165, 1.54) is 0 Å². The van der Waals surface area contributed by atoms with Crippen LogP contribution in [0.4, 0.5) is 0 Å². The zero-order valence-corrected chi connectivity index (χ0v) is 14.6. The average Bonchev–Trinajstić information content (AvgIpc) is 2.95. The van der Waals surface area contributed by atoms with Gasteiger partial charge in [-0.05, 0) is 5.41 Å². The summed E-state index contributed by atoms with van der Waals surface area (Å²) >= 11 is 0. The minimum atomic E-state index is -0.257. The monoisotopic (exact) mass is 322 g/mol. The molecule has 0 aromatic carbocycles. The Hall–Kier alpha value is -1.92. The van der Waals surface area contributed by atoms with E-state index in [-0.39, 0.29) is 29.0 Å². The largest absolute Gasteiger partial charge is 0.417 e. The van der Waals surface area contributed by atoms with Crippen molar-refractivity contribution < 1.29 is 14.0 Å². The summed E-state index contributed by atoms with van der Waals surface area (Å²) in [5.41, 5.74) is -0.0267. The molecule has 1 aliphatic heterocycles. The van der Waals surface area contributed by atoms with Crippen LogP contribution in [0, 0.1) is 5.41 Å². The molecule has 1 fully saturated rings. The first-order valence-corrected chi connectivity index (χ1v) is 8.08. The van der Waals surface area contributed by atoms with Gasteiger partial charge in [-0.15, -0.1) is 10.2 Å². The zero-order valence-electron chi connectivity index (χ0n) is 14.6. The van der Waals surface area contributed by atoms with Crippen LogP contribution in [0.1, 0.15) is 63.5 Å². The second-order valence-corrected chi connectivity index (χ2v) is 7.51. The van der Waals surface area contributed by atoms with Gasteiger partial charge in [0.05, 0.1) is 0 Å². The fourth-order valence-electron chi connectivity index (χ4n) is 2.41. The summed E-state index contributed by atoms with van der Waals surface area (Å²) in [5, 5.41) is 7.71. The van der Waals surface area contributed by atoms with Gasteiger partial charge in [-0.25, -0.2) is 0 Å². The first-order chi connectivity index (χ1) is 10.7. The summed E-state index contributed by atoms with van der Waals surface area (Å²) in [7, 11) is 0. The Balaban J connectivity index is 1.90. The Labute approximate surface area is 137 Å². The van der Waals surface area contributed by atoms with Crippen LogP contribution in [-0.4, -0.2) is 58.0 Å². The van der Waals surface area contributed by atoms with E-state index >= 15 is 0 Å². The fraction of sp³-hybridized carbons (Fsp3) is 0.750. The van der Waals surface area contributed by atoms with Gasteiger partial charge in [0, 0.05) is 38.5 Å². The van der Waals surface area contributed by atoms with Crippen molar-refractivity contribution in [1.29, 1.82) is 0 Å². The molecule has 2 rings (SSSR count). The molecule has 1 aromatic heterocycles. The highest BCUT2D eigenvalue weighted by Gasteiger charge is 2.29. The molecule has 23 heavy (non-hydrogen) atoms. The number of amides is 2. The number of rotatable bonds is 3. The van der Waals surface area contributed by atoms with Gasteiger partial charge in [0.2, 0.25) is 11.8 Å². The van der Waals surface area contributed by atoms with Crippen LogP contribution < -0.4 is 0 Å². The van der Waals surface area contributed by atoms with Crippen molar-refractivity contribution in [3.8, 4) is 0 Å². The topological polar surface area (TPSA) is 79.5 Å². The number of carbonyl (C=O) groups excluding carboxylic acids is 2. The Morgan fingerprint density at radius 2 is 1.65 bits per heavy atom. The van der Waals surface area contributed by atoms with Crippen LogP contribution in [-0.2, 0) is 4.79 Å². The second-order valence-electron chi connectivity index (χ2n) is 7.51. The molecule has 0 spiro atoms. The average molecular weight is 322 g/mol. The normalized spacial score (nSPS) is 16.1. The minimum Gasteiger partial charge on any atom is -0.417 e. The van der Waals surface area contributed by atoms with Crippen LogP contribution in [0.3, 0.4) is 0 Å². The van der Waals surface area contributed by atoms with Gasteiger partial charge in [-0.3, -0.25) is 9.59 Å². The molecule has 0 radical (unpaired) electrons. The Bertz CT molecular complexity index is 566. The first-order valence-electron chi connectivity index (χ1n) is 8.08. The van der Waals surface area contributed by atoms with Crippen molar-refractivity contribution in [2.24, 2.45) is 5.41 Å². The van der Waals surface area contributed by atoms with E-state index in [1.54, 1.807) is 4.90 Å². The molecular weight excluding hydrogens is 296 g/mol. The number of aromatic nitrogens is 2. The summed E-state index contributed by atoms with van der Waals surface area (Å²) in [6.07, 6.45) is 0.516. The highest BCUT2D eigenvalue weighted by Crippen LogP contribution is 2.21. The van der Waals surface area contributed by atoms with Crippen molar-refractivity contribution in [1.82, 2.24) is 20.0 Å². The second kappa shape index (κ2) is 6.68. The minimum absolute atomic E-state index is 0.0267. The Morgan fingerprint density at radius 3 is 2.13 bits per heavy atom. The Morgan fingerprint density at radius 1 is 1.09 bits per heavy atom. The summed E-state index contributed by atoms with van der Waals surface area (Å²) < 4.78 is 5.41. The van der Waals surface area contributed by atoms with Crippen LogP contribution in [0.25, 0.3) is 0 Å². The third kappa shape index (κ3) is 4.53. The number of hydrogen-bond acceptors (Lipinski definition) is 5. The quantitative estimate of drug-likeness (QED) is 0.849. The summed E-state index contributed by atoms with van der Waals surface area (Å²) in [4.78, 5) is 28.1. The van der Waals surface area contributed by atoms with Gasteiger partial charge in [0.15, 0.2) is 0 Å². The number of carbonyl (C=O) groups is 2. The van der Waals surface area contributed by atoms with E-state index in [4.69, 9.17) is 4.42 Å². The van der Waals surface area contributed by atoms with Crippen LogP contribution >= 0.6 is 0 Å². The predicted molar refractivity (Wildman–Crippen MR) is 84.9 cm³/mol. The molecule has 2 heterocycles. The van der Waals surface area contributed by atoms with Gasteiger partial charge < -0.3 is 14.2 Å². The van der Waals surface area contributed by atoms with E-state index in [0.717, 1.165) is 0 Å². The molecule has 1 aliphatic rings.